The summed E-state index contributed by atoms with van der Waals surface area (Å²) in [5.74, 6) is 0.968. The number of amides is 1. The third-order valence-corrected chi connectivity index (χ3v) is 5.80. The third-order valence-electron chi connectivity index (χ3n) is 4.88. The fraction of sp³-hybridized carbons (Fsp3) is 0.375. The van der Waals surface area contributed by atoms with Crippen LogP contribution in [0.5, 0.6) is 5.75 Å². The summed E-state index contributed by atoms with van der Waals surface area (Å²) in [4.78, 5) is 32.8. The molecule has 0 aliphatic heterocycles. The smallest absolute Gasteiger partial charge is 0.266 e. The first-order chi connectivity index (χ1) is 14.8. The van der Waals surface area contributed by atoms with Crippen LogP contribution in [0.4, 0.5) is 0 Å². The van der Waals surface area contributed by atoms with Crippen molar-refractivity contribution in [3.63, 3.8) is 0 Å². The number of rotatable bonds is 8. The molecule has 6 nitrogen and oxygen atoms in total. The number of carbonyl (C=O) groups is 1. The maximum absolute atomic E-state index is 13.3. The van der Waals surface area contributed by atoms with Gasteiger partial charge < -0.3 is 9.64 Å². The minimum atomic E-state index is -0.158. The van der Waals surface area contributed by atoms with Crippen LogP contribution in [0.2, 0.25) is 0 Å². The van der Waals surface area contributed by atoms with E-state index in [0.717, 1.165) is 5.75 Å². The largest absolute Gasteiger partial charge is 0.494 e. The number of fused-ring (bicyclic) bond motifs is 1. The number of ether oxygens (including phenoxy) is 1. The van der Waals surface area contributed by atoms with E-state index in [1.807, 2.05) is 82.0 Å². The molecule has 3 rings (SSSR count). The standard InChI is InChI=1S/C24H29N3O3S/c1-6-30-19-13-11-18(12-14-19)27-23(29)20-9-7-8-10-21(20)25-24(27)31-15-22(28)26(16(2)3)17(4)5/h7-14,16-17H,6,15H2,1-5H3. The van der Waals surface area contributed by atoms with E-state index in [1.165, 1.54) is 11.8 Å². The van der Waals surface area contributed by atoms with E-state index < -0.39 is 0 Å². The minimum absolute atomic E-state index is 0.0238. The number of nitrogens with zero attached hydrogens (tertiary/aromatic N) is 3. The molecule has 0 saturated heterocycles. The van der Waals surface area contributed by atoms with Crippen molar-refractivity contribution >= 4 is 28.6 Å². The van der Waals surface area contributed by atoms with Crippen LogP contribution in [-0.4, -0.2) is 44.8 Å². The summed E-state index contributed by atoms with van der Waals surface area (Å²) in [7, 11) is 0. The Bertz CT molecular complexity index is 1100. The summed E-state index contributed by atoms with van der Waals surface area (Å²) in [6.07, 6.45) is 0. The predicted octanol–water partition coefficient (Wildman–Crippen LogP) is 4.52. The molecule has 0 aliphatic rings. The fourth-order valence-electron chi connectivity index (χ4n) is 3.67. The second-order valence-electron chi connectivity index (χ2n) is 7.76. The highest BCUT2D eigenvalue weighted by atomic mass is 32.2. The number of hydrogen-bond acceptors (Lipinski definition) is 5. The maximum atomic E-state index is 13.3. The molecule has 0 aliphatic carbocycles. The van der Waals surface area contributed by atoms with Gasteiger partial charge in [-0.3, -0.25) is 14.2 Å². The molecule has 7 heteroatoms. The van der Waals surface area contributed by atoms with Gasteiger partial charge >= 0.3 is 0 Å². The Morgan fingerprint density at radius 2 is 1.71 bits per heavy atom. The van der Waals surface area contributed by atoms with Gasteiger partial charge in [0.2, 0.25) is 5.91 Å². The molecule has 1 aromatic heterocycles. The van der Waals surface area contributed by atoms with Gasteiger partial charge in [-0.05, 0) is 71.0 Å². The van der Waals surface area contributed by atoms with Crippen LogP contribution in [0, 0.1) is 0 Å². The Kier molecular flexibility index (Phi) is 7.38. The minimum Gasteiger partial charge on any atom is -0.494 e. The van der Waals surface area contributed by atoms with Gasteiger partial charge in [0, 0.05) is 12.1 Å². The molecule has 0 saturated carbocycles. The van der Waals surface area contributed by atoms with Crippen molar-refractivity contribution in [2.75, 3.05) is 12.4 Å². The van der Waals surface area contributed by atoms with Crippen molar-refractivity contribution in [3.8, 4) is 11.4 Å². The number of thioether (sulfide) groups is 1. The lowest BCUT2D eigenvalue weighted by Gasteiger charge is -2.30. The number of aromatic nitrogens is 2. The van der Waals surface area contributed by atoms with Gasteiger partial charge in [0.05, 0.1) is 29.0 Å². The molecule has 0 bridgehead atoms. The molecule has 31 heavy (non-hydrogen) atoms. The van der Waals surface area contributed by atoms with Gasteiger partial charge in [0.25, 0.3) is 5.56 Å². The average Bonchev–Trinajstić information content (AvgIpc) is 2.73. The zero-order valence-corrected chi connectivity index (χ0v) is 19.5. The predicted molar refractivity (Wildman–Crippen MR) is 126 cm³/mol. The van der Waals surface area contributed by atoms with Gasteiger partial charge in [0.15, 0.2) is 5.16 Å². The van der Waals surface area contributed by atoms with E-state index >= 15 is 0 Å². The zero-order valence-electron chi connectivity index (χ0n) is 18.7. The maximum Gasteiger partial charge on any atom is 0.266 e. The van der Waals surface area contributed by atoms with E-state index in [1.54, 1.807) is 10.6 Å². The Morgan fingerprint density at radius 1 is 1.06 bits per heavy atom. The first kappa shape index (κ1) is 22.9. The summed E-state index contributed by atoms with van der Waals surface area (Å²) in [6, 6.07) is 14.8. The molecule has 0 N–H and O–H groups in total. The molecule has 2 aromatic carbocycles. The fourth-order valence-corrected chi connectivity index (χ4v) is 4.55. The van der Waals surface area contributed by atoms with E-state index in [2.05, 4.69) is 0 Å². The van der Waals surface area contributed by atoms with Crippen molar-refractivity contribution in [3.05, 3.63) is 58.9 Å². The number of carbonyl (C=O) groups excluding carboxylic acids is 1. The number of para-hydroxylation sites is 1. The Balaban J connectivity index is 2.02. The van der Waals surface area contributed by atoms with Crippen molar-refractivity contribution in [1.29, 1.82) is 0 Å². The third kappa shape index (κ3) is 5.10. The van der Waals surface area contributed by atoms with Crippen LogP contribution in [0.3, 0.4) is 0 Å². The molecule has 1 heterocycles. The Hall–Kier alpha value is -2.80. The lowest BCUT2D eigenvalue weighted by Crippen LogP contribution is -2.43. The van der Waals surface area contributed by atoms with Gasteiger partial charge in [-0.25, -0.2) is 4.98 Å². The quantitative estimate of drug-likeness (QED) is 0.381. The molecule has 0 spiro atoms. The van der Waals surface area contributed by atoms with E-state index in [4.69, 9.17) is 9.72 Å². The Labute approximate surface area is 187 Å². The van der Waals surface area contributed by atoms with E-state index in [9.17, 15) is 9.59 Å². The number of hydrogen-bond donors (Lipinski definition) is 0. The monoisotopic (exact) mass is 439 g/mol. The SMILES string of the molecule is CCOc1ccc(-n2c(SCC(=O)N(C(C)C)C(C)C)nc3ccccc3c2=O)cc1. The highest BCUT2D eigenvalue weighted by Crippen LogP contribution is 2.24. The first-order valence-electron chi connectivity index (χ1n) is 10.5. The molecule has 164 valence electrons. The van der Waals surface area contributed by atoms with Crippen molar-refractivity contribution in [2.45, 2.75) is 51.9 Å². The topological polar surface area (TPSA) is 64.4 Å². The summed E-state index contributed by atoms with van der Waals surface area (Å²) < 4.78 is 7.09. The lowest BCUT2D eigenvalue weighted by molar-refractivity contribution is -0.131. The summed E-state index contributed by atoms with van der Waals surface area (Å²) >= 11 is 1.29. The van der Waals surface area contributed by atoms with Gasteiger partial charge in [-0.2, -0.15) is 0 Å². The van der Waals surface area contributed by atoms with Crippen LogP contribution < -0.4 is 10.3 Å². The lowest BCUT2D eigenvalue weighted by atomic mass is 10.2. The van der Waals surface area contributed by atoms with Crippen LogP contribution >= 0.6 is 11.8 Å². The summed E-state index contributed by atoms with van der Waals surface area (Å²) in [5.41, 5.74) is 1.15. The second kappa shape index (κ2) is 10.0. The van der Waals surface area contributed by atoms with Crippen LogP contribution in [0.25, 0.3) is 16.6 Å². The molecule has 0 atom stereocenters. The average molecular weight is 440 g/mol. The zero-order chi connectivity index (χ0) is 22.5. The van der Waals surface area contributed by atoms with E-state index in [0.29, 0.717) is 28.4 Å². The van der Waals surface area contributed by atoms with E-state index in [-0.39, 0.29) is 29.3 Å². The molecule has 1 amide bonds. The second-order valence-corrected chi connectivity index (χ2v) is 8.70. The van der Waals surface area contributed by atoms with Crippen LogP contribution in [-0.2, 0) is 4.79 Å². The molecular formula is C24H29N3O3S. The van der Waals surface area contributed by atoms with Gasteiger partial charge in [-0.15, -0.1) is 0 Å². The summed E-state index contributed by atoms with van der Waals surface area (Å²) in [5, 5.41) is 1.03. The summed E-state index contributed by atoms with van der Waals surface area (Å²) in [6.45, 7) is 10.5. The van der Waals surface area contributed by atoms with Crippen LogP contribution in [0.15, 0.2) is 58.5 Å². The molecule has 0 radical (unpaired) electrons. The first-order valence-corrected chi connectivity index (χ1v) is 11.5. The molecule has 3 aromatic rings. The molecule has 0 fully saturated rings. The van der Waals surface area contributed by atoms with Crippen molar-refractivity contribution < 1.29 is 9.53 Å². The van der Waals surface area contributed by atoms with Crippen molar-refractivity contribution in [2.24, 2.45) is 0 Å². The highest BCUT2D eigenvalue weighted by Gasteiger charge is 2.22. The molecule has 0 unspecified atom stereocenters. The van der Waals surface area contributed by atoms with Gasteiger partial charge in [-0.1, -0.05) is 23.9 Å². The van der Waals surface area contributed by atoms with Gasteiger partial charge in [0.1, 0.15) is 5.75 Å². The number of benzene rings is 2. The highest BCUT2D eigenvalue weighted by molar-refractivity contribution is 7.99. The van der Waals surface area contributed by atoms with Crippen molar-refractivity contribution in [1.82, 2.24) is 14.5 Å². The molecular weight excluding hydrogens is 410 g/mol. The Morgan fingerprint density at radius 3 is 2.32 bits per heavy atom. The normalized spacial score (nSPS) is 11.3. The van der Waals surface area contributed by atoms with Crippen LogP contribution in [0.1, 0.15) is 34.6 Å².